The summed E-state index contributed by atoms with van der Waals surface area (Å²) in [6.45, 7) is 0.246. The Morgan fingerprint density at radius 2 is 2.04 bits per heavy atom. The summed E-state index contributed by atoms with van der Waals surface area (Å²) in [6.07, 6.45) is 1.96. The summed E-state index contributed by atoms with van der Waals surface area (Å²) in [5.74, 6) is 0.373. The van der Waals surface area contributed by atoms with Crippen LogP contribution in [0.4, 0.5) is 4.39 Å². The van der Waals surface area contributed by atoms with E-state index in [9.17, 15) is 17.6 Å². The lowest BCUT2D eigenvalue weighted by molar-refractivity contribution is -0.131. The molecule has 0 bridgehead atoms. The lowest BCUT2D eigenvalue weighted by Gasteiger charge is -2.27. The van der Waals surface area contributed by atoms with Crippen LogP contribution in [0.1, 0.15) is 12.2 Å². The van der Waals surface area contributed by atoms with E-state index >= 15 is 0 Å². The van der Waals surface area contributed by atoms with Crippen LogP contribution in [0.2, 0.25) is 0 Å². The maximum atomic E-state index is 13.0. The number of carbonyl (C=O) groups excluding carboxylic acids is 1. The number of carbonyl (C=O) groups is 1. The molecule has 0 saturated carbocycles. The molecule has 2 heterocycles. The van der Waals surface area contributed by atoms with Crippen LogP contribution in [0, 0.1) is 5.82 Å². The molecule has 8 heteroatoms. The van der Waals surface area contributed by atoms with Crippen LogP contribution in [-0.2, 0) is 21.2 Å². The zero-order chi connectivity index (χ0) is 17.9. The molecular formula is C17H18FNO4S2. The van der Waals surface area contributed by atoms with Crippen LogP contribution in [-0.4, -0.2) is 42.5 Å². The lowest BCUT2D eigenvalue weighted by atomic mass is 10.2. The second-order valence-electron chi connectivity index (χ2n) is 5.90. The van der Waals surface area contributed by atoms with Crippen molar-refractivity contribution in [2.45, 2.75) is 23.9 Å². The van der Waals surface area contributed by atoms with Gasteiger partial charge in [0.15, 0.2) is 9.84 Å². The molecule has 0 N–H and O–H groups in total. The van der Waals surface area contributed by atoms with Gasteiger partial charge in [0, 0.05) is 10.9 Å². The van der Waals surface area contributed by atoms with Crippen molar-refractivity contribution < 1.29 is 22.0 Å². The molecule has 1 aromatic heterocycles. The Morgan fingerprint density at radius 3 is 2.64 bits per heavy atom. The largest absolute Gasteiger partial charge is 0.467 e. The van der Waals surface area contributed by atoms with E-state index in [0.717, 1.165) is 4.90 Å². The Bertz CT molecular complexity index is 819. The minimum absolute atomic E-state index is 0.0132. The van der Waals surface area contributed by atoms with Gasteiger partial charge in [-0.25, -0.2) is 12.8 Å². The molecule has 1 atom stereocenters. The fourth-order valence-electron chi connectivity index (χ4n) is 2.77. The summed E-state index contributed by atoms with van der Waals surface area (Å²) in [4.78, 5) is 15.1. The predicted molar refractivity (Wildman–Crippen MR) is 93.4 cm³/mol. The van der Waals surface area contributed by atoms with Crippen molar-refractivity contribution in [1.82, 2.24) is 4.90 Å². The minimum atomic E-state index is -3.10. The first kappa shape index (κ1) is 18.0. The molecule has 134 valence electrons. The van der Waals surface area contributed by atoms with Gasteiger partial charge in [-0.3, -0.25) is 4.79 Å². The first-order valence-corrected chi connectivity index (χ1v) is 10.6. The number of furan rings is 1. The van der Waals surface area contributed by atoms with E-state index in [2.05, 4.69) is 0 Å². The normalized spacial score (nSPS) is 19.0. The highest BCUT2D eigenvalue weighted by molar-refractivity contribution is 8.00. The lowest BCUT2D eigenvalue weighted by Crippen LogP contribution is -2.41. The average molecular weight is 383 g/mol. The van der Waals surface area contributed by atoms with E-state index in [-0.39, 0.29) is 41.6 Å². The molecule has 1 aliphatic heterocycles. The van der Waals surface area contributed by atoms with Crippen molar-refractivity contribution in [3.63, 3.8) is 0 Å². The number of halogens is 1. The van der Waals surface area contributed by atoms with Gasteiger partial charge in [-0.2, -0.15) is 0 Å². The molecule has 2 aromatic rings. The van der Waals surface area contributed by atoms with E-state index in [4.69, 9.17) is 4.42 Å². The number of hydrogen-bond donors (Lipinski definition) is 0. The van der Waals surface area contributed by atoms with Crippen molar-refractivity contribution >= 4 is 27.5 Å². The average Bonchev–Trinajstić information content (AvgIpc) is 3.21. The minimum Gasteiger partial charge on any atom is -0.467 e. The second kappa shape index (κ2) is 7.61. The number of benzene rings is 1. The second-order valence-corrected chi connectivity index (χ2v) is 9.18. The summed E-state index contributed by atoms with van der Waals surface area (Å²) in [5.41, 5.74) is 0. The van der Waals surface area contributed by atoms with E-state index in [0.29, 0.717) is 12.2 Å². The zero-order valence-corrected chi connectivity index (χ0v) is 15.1. The van der Waals surface area contributed by atoms with Crippen molar-refractivity contribution in [2.75, 3.05) is 17.3 Å². The number of nitrogens with zero attached hydrogens (tertiary/aromatic N) is 1. The van der Waals surface area contributed by atoms with Crippen molar-refractivity contribution in [3.05, 3.63) is 54.2 Å². The summed E-state index contributed by atoms with van der Waals surface area (Å²) in [6, 6.07) is 9.08. The fraction of sp³-hybridized carbons (Fsp3) is 0.353. The smallest absolute Gasteiger partial charge is 0.233 e. The standard InChI is InChI=1S/C17H18FNO4S2/c18-13-3-5-16(6-4-13)24-11-17(20)19(10-15-2-1-8-23-15)14-7-9-25(21,22)12-14/h1-6,8,14H,7,9-12H2/t14-/m1/s1. The third-order valence-electron chi connectivity index (χ3n) is 4.05. The van der Waals surface area contributed by atoms with Gasteiger partial charge in [-0.05, 0) is 42.8 Å². The summed E-state index contributed by atoms with van der Waals surface area (Å²) in [5, 5.41) is 0. The number of hydrogen-bond acceptors (Lipinski definition) is 5. The van der Waals surface area contributed by atoms with E-state index < -0.39 is 9.84 Å². The Hall–Kier alpha value is -1.80. The number of rotatable bonds is 6. The van der Waals surface area contributed by atoms with Gasteiger partial charge in [0.25, 0.3) is 0 Å². The third kappa shape index (κ3) is 4.85. The first-order valence-electron chi connectivity index (χ1n) is 7.83. The predicted octanol–water partition coefficient (Wildman–Crippen LogP) is 2.73. The van der Waals surface area contributed by atoms with Gasteiger partial charge < -0.3 is 9.32 Å². The van der Waals surface area contributed by atoms with Crippen LogP contribution < -0.4 is 0 Å². The van der Waals surface area contributed by atoms with Crippen LogP contribution in [0.15, 0.2) is 52.0 Å². The highest BCUT2D eigenvalue weighted by Gasteiger charge is 2.34. The summed E-state index contributed by atoms with van der Waals surface area (Å²) in [7, 11) is -3.10. The molecule has 5 nitrogen and oxygen atoms in total. The molecule has 0 aliphatic carbocycles. The molecule has 1 saturated heterocycles. The van der Waals surface area contributed by atoms with Gasteiger partial charge in [0.1, 0.15) is 11.6 Å². The van der Waals surface area contributed by atoms with Gasteiger partial charge in [0.2, 0.25) is 5.91 Å². The van der Waals surface area contributed by atoms with E-state index in [1.165, 1.54) is 30.2 Å². The maximum Gasteiger partial charge on any atom is 0.233 e. The van der Waals surface area contributed by atoms with Crippen LogP contribution in [0.3, 0.4) is 0 Å². The van der Waals surface area contributed by atoms with Crippen molar-refractivity contribution in [1.29, 1.82) is 0 Å². The molecule has 0 unspecified atom stereocenters. The van der Waals surface area contributed by atoms with Crippen molar-refractivity contribution in [2.24, 2.45) is 0 Å². The van der Waals surface area contributed by atoms with E-state index in [1.54, 1.807) is 29.2 Å². The summed E-state index contributed by atoms with van der Waals surface area (Å²) < 4.78 is 41.8. The molecule has 25 heavy (non-hydrogen) atoms. The summed E-state index contributed by atoms with van der Waals surface area (Å²) >= 11 is 1.30. The molecule has 0 radical (unpaired) electrons. The highest BCUT2D eigenvalue weighted by Crippen LogP contribution is 2.24. The molecule has 1 fully saturated rings. The Morgan fingerprint density at radius 1 is 1.28 bits per heavy atom. The third-order valence-corrected chi connectivity index (χ3v) is 6.80. The topological polar surface area (TPSA) is 67.6 Å². The van der Waals surface area contributed by atoms with Crippen molar-refractivity contribution in [3.8, 4) is 0 Å². The highest BCUT2D eigenvalue weighted by atomic mass is 32.2. The molecular weight excluding hydrogens is 365 g/mol. The number of thioether (sulfide) groups is 1. The first-order chi connectivity index (χ1) is 11.9. The molecule has 1 amide bonds. The number of amides is 1. The van der Waals surface area contributed by atoms with Crippen LogP contribution in [0.5, 0.6) is 0 Å². The van der Waals surface area contributed by atoms with Gasteiger partial charge in [-0.1, -0.05) is 0 Å². The van der Waals surface area contributed by atoms with Gasteiger partial charge >= 0.3 is 0 Å². The molecule has 0 spiro atoms. The fourth-order valence-corrected chi connectivity index (χ4v) is 5.29. The molecule has 1 aliphatic rings. The Balaban J connectivity index is 1.69. The van der Waals surface area contributed by atoms with E-state index in [1.807, 2.05) is 0 Å². The molecule has 1 aromatic carbocycles. The molecule has 3 rings (SSSR count). The Labute approximate surface area is 150 Å². The SMILES string of the molecule is O=C(CSc1ccc(F)cc1)N(Cc1ccco1)[C@@H]1CCS(=O)(=O)C1. The van der Waals surface area contributed by atoms with Crippen LogP contribution >= 0.6 is 11.8 Å². The van der Waals surface area contributed by atoms with Gasteiger partial charge in [-0.15, -0.1) is 11.8 Å². The number of sulfone groups is 1. The Kier molecular flexibility index (Phi) is 5.48. The zero-order valence-electron chi connectivity index (χ0n) is 13.4. The maximum absolute atomic E-state index is 13.0. The monoisotopic (exact) mass is 383 g/mol. The quantitative estimate of drug-likeness (QED) is 0.718. The van der Waals surface area contributed by atoms with Crippen LogP contribution in [0.25, 0.3) is 0 Å². The van der Waals surface area contributed by atoms with Gasteiger partial charge in [0.05, 0.1) is 30.1 Å².